The van der Waals surface area contributed by atoms with Crippen LogP contribution in [-0.4, -0.2) is 53.0 Å². The van der Waals surface area contributed by atoms with Crippen molar-refractivity contribution in [1.82, 2.24) is 4.67 Å². The number of hydrogen-bond donors (Lipinski definition) is 1. The van der Waals surface area contributed by atoms with Crippen molar-refractivity contribution in [2.24, 2.45) is 0 Å². The third-order valence-electron chi connectivity index (χ3n) is 6.58. The molecule has 0 amide bonds. The molecule has 1 N–H and O–H groups in total. The van der Waals surface area contributed by atoms with Gasteiger partial charge in [-0.15, -0.1) is 0 Å². The molecule has 1 fully saturated rings. The zero-order valence-corrected chi connectivity index (χ0v) is 18.3. The van der Waals surface area contributed by atoms with Crippen molar-refractivity contribution < 1.29 is 9.90 Å². The van der Waals surface area contributed by atoms with Crippen LogP contribution in [0.25, 0.3) is 0 Å². The number of aliphatic carboxylic acids is 1. The van der Waals surface area contributed by atoms with E-state index in [1.165, 1.54) is 76.0 Å². The predicted octanol–water partition coefficient (Wildman–Crippen LogP) is 6.20. The molecule has 1 aliphatic heterocycles. The SMILES string of the molecule is CCCCP(CCCC)(CCCC)(CCCC)N1CCC[C@H]1C(=O)O. The Kier molecular flexibility index (Phi) is 9.96. The summed E-state index contributed by atoms with van der Waals surface area (Å²) < 4.78 is 2.64. The first-order chi connectivity index (χ1) is 12.0. The molecule has 0 bridgehead atoms. The zero-order chi connectivity index (χ0) is 18.8. The minimum absolute atomic E-state index is 0.208. The summed E-state index contributed by atoms with van der Waals surface area (Å²) in [6.07, 6.45) is 17.2. The van der Waals surface area contributed by atoms with Gasteiger partial charge < -0.3 is 0 Å². The summed E-state index contributed by atoms with van der Waals surface area (Å²) >= 11 is 0. The topological polar surface area (TPSA) is 40.5 Å². The molecular weight excluding hydrogens is 329 g/mol. The van der Waals surface area contributed by atoms with Crippen molar-refractivity contribution in [3.8, 4) is 0 Å². The maximum absolute atomic E-state index is 12.1. The van der Waals surface area contributed by atoms with E-state index < -0.39 is 12.7 Å². The summed E-state index contributed by atoms with van der Waals surface area (Å²) in [5.41, 5.74) is 0. The first-order valence-electron chi connectivity index (χ1n) is 11.0. The second kappa shape index (κ2) is 10.9. The third-order valence-corrected chi connectivity index (χ3v) is 14.4. The van der Waals surface area contributed by atoms with Crippen molar-refractivity contribution in [1.29, 1.82) is 0 Å². The maximum atomic E-state index is 12.1. The summed E-state index contributed by atoms with van der Waals surface area (Å²) in [4.78, 5) is 12.1. The van der Waals surface area contributed by atoms with Crippen LogP contribution in [0.15, 0.2) is 0 Å². The van der Waals surface area contributed by atoms with Crippen molar-refractivity contribution in [2.45, 2.75) is 97.9 Å². The average molecular weight is 374 g/mol. The standard InChI is InChI=1S/C21H44NO2P/c1-5-9-16-25(17-10-6-2,18-11-7-3,19-12-8-4)22-15-13-14-20(22)21(23)24/h20H,5-19H2,1-4H3,(H,23,24)/t20-/m0/s1. The van der Waals surface area contributed by atoms with Crippen LogP contribution in [-0.2, 0) is 4.79 Å². The second-order valence-electron chi connectivity index (χ2n) is 8.38. The van der Waals surface area contributed by atoms with E-state index in [0.29, 0.717) is 0 Å². The van der Waals surface area contributed by atoms with Gasteiger partial charge in [-0.05, 0) is 0 Å². The van der Waals surface area contributed by atoms with E-state index in [-0.39, 0.29) is 6.04 Å². The van der Waals surface area contributed by atoms with Crippen LogP contribution >= 0.6 is 6.75 Å². The van der Waals surface area contributed by atoms with Gasteiger partial charge in [0.15, 0.2) is 0 Å². The van der Waals surface area contributed by atoms with Crippen molar-refractivity contribution >= 4 is 12.7 Å². The molecule has 1 rings (SSSR count). The van der Waals surface area contributed by atoms with Gasteiger partial charge in [0.25, 0.3) is 0 Å². The monoisotopic (exact) mass is 373 g/mol. The fourth-order valence-corrected chi connectivity index (χ4v) is 13.7. The van der Waals surface area contributed by atoms with Gasteiger partial charge in [0.2, 0.25) is 0 Å². The number of rotatable bonds is 14. The van der Waals surface area contributed by atoms with E-state index in [0.717, 1.165) is 19.4 Å². The van der Waals surface area contributed by atoms with Crippen molar-refractivity contribution in [2.75, 3.05) is 31.2 Å². The predicted molar refractivity (Wildman–Crippen MR) is 113 cm³/mol. The Labute approximate surface area is 156 Å². The third kappa shape index (κ3) is 5.42. The molecule has 4 heteroatoms. The number of hydrogen-bond acceptors (Lipinski definition) is 2. The van der Waals surface area contributed by atoms with E-state index in [9.17, 15) is 9.90 Å². The summed E-state index contributed by atoms with van der Waals surface area (Å²) in [7, 11) is 0. The summed E-state index contributed by atoms with van der Waals surface area (Å²) in [6, 6.07) is -0.208. The van der Waals surface area contributed by atoms with Gasteiger partial charge in [-0.3, -0.25) is 0 Å². The van der Waals surface area contributed by atoms with Gasteiger partial charge >= 0.3 is 156 Å². The Hall–Kier alpha value is -0.140. The van der Waals surface area contributed by atoms with Crippen molar-refractivity contribution in [3.63, 3.8) is 0 Å². The molecule has 1 aliphatic rings. The Morgan fingerprint density at radius 2 is 1.28 bits per heavy atom. The molecule has 0 radical (unpaired) electrons. The molecule has 0 aromatic carbocycles. The molecule has 150 valence electrons. The molecular formula is C21H44NO2P. The molecule has 1 heterocycles. The molecule has 0 aromatic rings. The van der Waals surface area contributed by atoms with Gasteiger partial charge in [-0.1, -0.05) is 0 Å². The molecule has 1 atom stereocenters. The van der Waals surface area contributed by atoms with Crippen LogP contribution in [0.4, 0.5) is 0 Å². The first kappa shape index (κ1) is 22.9. The first-order valence-corrected chi connectivity index (χ1v) is 13.9. The minimum atomic E-state index is -2.17. The summed E-state index contributed by atoms with van der Waals surface area (Å²) in [5.74, 6) is -0.563. The molecule has 3 nitrogen and oxygen atoms in total. The summed E-state index contributed by atoms with van der Waals surface area (Å²) in [6.45, 7) is 8.05. The van der Waals surface area contributed by atoms with Gasteiger partial charge in [0.1, 0.15) is 0 Å². The zero-order valence-electron chi connectivity index (χ0n) is 17.4. The van der Waals surface area contributed by atoms with Crippen LogP contribution in [0.2, 0.25) is 0 Å². The number of nitrogens with zero attached hydrogens (tertiary/aromatic N) is 1. The van der Waals surface area contributed by atoms with Crippen LogP contribution < -0.4 is 0 Å². The van der Waals surface area contributed by atoms with Crippen LogP contribution in [0.5, 0.6) is 0 Å². The molecule has 0 saturated carbocycles. The van der Waals surface area contributed by atoms with Crippen LogP contribution in [0.1, 0.15) is 91.9 Å². The number of carboxylic acid groups (broad SMARTS) is 1. The normalized spacial score (nSPS) is 20.5. The molecule has 0 spiro atoms. The fraction of sp³-hybridized carbons (Fsp3) is 0.952. The van der Waals surface area contributed by atoms with E-state index in [4.69, 9.17) is 0 Å². The van der Waals surface area contributed by atoms with Crippen LogP contribution in [0, 0.1) is 0 Å². The molecule has 25 heavy (non-hydrogen) atoms. The van der Waals surface area contributed by atoms with Gasteiger partial charge in [0.05, 0.1) is 0 Å². The molecule has 0 aromatic heterocycles. The van der Waals surface area contributed by atoms with E-state index in [1.807, 2.05) is 0 Å². The van der Waals surface area contributed by atoms with Gasteiger partial charge in [0, 0.05) is 0 Å². The van der Waals surface area contributed by atoms with E-state index in [2.05, 4.69) is 32.4 Å². The van der Waals surface area contributed by atoms with Gasteiger partial charge in [-0.25, -0.2) is 0 Å². The summed E-state index contributed by atoms with van der Waals surface area (Å²) in [5, 5.41) is 9.94. The Morgan fingerprint density at radius 1 is 0.880 bits per heavy atom. The molecule has 1 saturated heterocycles. The second-order valence-corrected chi connectivity index (χ2v) is 14.5. The number of carboxylic acids is 1. The Bertz CT molecular complexity index is 356. The Balaban J connectivity index is 3.39. The average Bonchev–Trinajstić information content (AvgIpc) is 3.12. The number of unbranched alkanes of at least 4 members (excludes halogenated alkanes) is 4. The molecule has 0 unspecified atom stereocenters. The van der Waals surface area contributed by atoms with Crippen LogP contribution in [0.3, 0.4) is 0 Å². The fourth-order valence-electron chi connectivity index (χ4n) is 5.12. The molecule has 0 aliphatic carbocycles. The van der Waals surface area contributed by atoms with Gasteiger partial charge in [-0.2, -0.15) is 0 Å². The van der Waals surface area contributed by atoms with Crippen molar-refractivity contribution in [3.05, 3.63) is 0 Å². The van der Waals surface area contributed by atoms with E-state index in [1.54, 1.807) is 0 Å². The Morgan fingerprint density at radius 3 is 1.60 bits per heavy atom. The van der Waals surface area contributed by atoms with E-state index >= 15 is 0 Å². The number of carbonyl (C=O) groups is 1. The quantitative estimate of drug-likeness (QED) is 0.368.